The Kier molecular flexibility index (Phi) is 4.03. The quantitative estimate of drug-likeness (QED) is 0.722. The van der Waals surface area contributed by atoms with Crippen molar-refractivity contribution in [3.63, 3.8) is 0 Å². The molecular weight excluding hydrogens is 288 g/mol. The third-order valence-electron chi connectivity index (χ3n) is 3.25. The zero-order valence-corrected chi connectivity index (χ0v) is 13.1. The van der Waals surface area contributed by atoms with Crippen LogP contribution >= 0.6 is 23.1 Å². The van der Waals surface area contributed by atoms with Crippen LogP contribution in [0.2, 0.25) is 0 Å². The van der Waals surface area contributed by atoms with E-state index in [2.05, 4.69) is 47.6 Å². The minimum atomic E-state index is 0.338. The van der Waals surface area contributed by atoms with Crippen LogP contribution in [0.4, 0.5) is 0 Å². The Labute approximate surface area is 126 Å². The zero-order chi connectivity index (χ0) is 13.9. The molecule has 1 aromatic carbocycles. The molecule has 0 spiro atoms. The van der Waals surface area contributed by atoms with E-state index in [1.807, 2.05) is 10.6 Å². The Morgan fingerprint density at radius 3 is 2.75 bits per heavy atom. The predicted octanol–water partition coefficient (Wildman–Crippen LogP) is 3.59. The Bertz CT molecular complexity index is 690. The Balaban J connectivity index is 2.00. The lowest BCUT2D eigenvalue weighted by Gasteiger charge is -2.11. The van der Waals surface area contributed by atoms with E-state index >= 15 is 0 Å². The number of benzene rings is 1. The highest BCUT2D eigenvalue weighted by Gasteiger charge is 2.19. The van der Waals surface area contributed by atoms with Crippen LogP contribution in [0.15, 0.2) is 30.3 Å². The van der Waals surface area contributed by atoms with Crippen LogP contribution < -0.4 is 0 Å². The van der Waals surface area contributed by atoms with Gasteiger partial charge in [-0.05, 0) is 18.2 Å². The van der Waals surface area contributed by atoms with E-state index in [1.54, 1.807) is 23.1 Å². The summed E-state index contributed by atoms with van der Waals surface area (Å²) in [6.45, 7) is 2.20. The van der Waals surface area contributed by atoms with Crippen molar-refractivity contribution in [2.24, 2.45) is 0 Å². The van der Waals surface area contributed by atoms with Crippen molar-refractivity contribution in [3.8, 4) is 0 Å². The highest BCUT2D eigenvalue weighted by atomic mass is 32.2. The molecule has 104 valence electrons. The van der Waals surface area contributed by atoms with Crippen LogP contribution in [-0.4, -0.2) is 26.1 Å². The lowest BCUT2D eigenvalue weighted by molar-refractivity contribution is 0.735. The minimum Gasteiger partial charge on any atom is -0.186 e. The van der Waals surface area contributed by atoms with E-state index in [1.165, 1.54) is 5.56 Å². The first-order valence-electron chi connectivity index (χ1n) is 6.58. The molecule has 0 aliphatic heterocycles. The molecule has 3 rings (SSSR count). The topological polar surface area (TPSA) is 43.1 Å². The van der Waals surface area contributed by atoms with Gasteiger partial charge in [-0.3, -0.25) is 0 Å². The van der Waals surface area contributed by atoms with E-state index in [0.717, 1.165) is 28.0 Å². The molecule has 0 saturated heterocycles. The highest BCUT2D eigenvalue weighted by Crippen LogP contribution is 2.31. The first kappa shape index (κ1) is 13.6. The largest absolute Gasteiger partial charge is 0.234 e. The molecule has 0 bridgehead atoms. The number of hydrogen-bond donors (Lipinski definition) is 0. The number of aromatic nitrogens is 4. The van der Waals surface area contributed by atoms with Crippen molar-refractivity contribution in [2.45, 2.75) is 25.0 Å². The van der Waals surface area contributed by atoms with Gasteiger partial charge in [0.05, 0.1) is 5.75 Å². The monoisotopic (exact) mass is 304 g/mol. The Hall–Kier alpha value is -1.40. The first-order chi connectivity index (χ1) is 9.83. The molecule has 0 fully saturated rings. The summed E-state index contributed by atoms with van der Waals surface area (Å²) in [5, 5.41) is 14.3. The Morgan fingerprint density at radius 1 is 1.25 bits per heavy atom. The van der Waals surface area contributed by atoms with Gasteiger partial charge in [0.25, 0.3) is 0 Å². The standard InChI is InChI=1S/C14H16N4S2/c1-3-11(10-7-5-4-6-8-10)13-17-18-12(9-19-2)15-16-14(18)20-13/h4-8,11H,3,9H2,1-2H3. The molecule has 2 aromatic heterocycles. The summed E-state index contributed by atoms with van der Waals surface area (Å²) in [4.78, 5) is 0.887. The summed E-state index contributed by atoms with van der Waals surface area (Å²) in [7, 11) is 0. The lowest BCUT2D eigenvalue weighted by atomic mass is 9.97. The van der Waals surface area contributed by atoms with Gasteiger partial charge in [0.1, 0.15) is 5.01 Å². The van der Waals surface area contributed by atoms with Gasteiger partial charge in [-0.25, -0.2) is 0 Å². The van der Waals surface area contributed by atoms with Crippen LogP contribution in [-0.2, 0) is 5.75 Å². The van der Waals surface area contributed by atoms with Gasteiger partial charge in [-0.15, -0.1) is 10.2 Å². The van der Waals surface area contributed by atoms with Gasteiger partial charge in [-0.1, -0.05) is 48.6 Å². The fourth-order valence-electron chi connectivity index (χ4n) is 2.27. The molecular formula is C14H16N4S2. The molecule has 0 amide bonds. The third-order valence-corrected chi connectivity index (χ3v) is 4.81. The molecule has 0 radical (unpaired) electrons. The highest BCUT2D eigenvalue weighted by molar-refractivity contribution is 7.97. The third kappa shape index (κ3) is 2.45. The van der Waals surface area contributed by atoms with Gasteiger partial charge in [0.2, 0.25) is 4.96 Å². The van der Waals surface area contributed by atoms with Gasteiger partial charge in [-0.2, -0.15) is 21.4 Å². The van der Waals surface area contributed by atoms with E-state index in [-0.39, 0.29) is 0 Å². The van der Waals surface area contributed by atoms with Crippen LogP contribution in [0.3, 0.4) is 0 Å². The van der Waals surface area contributed by atoms with Crippen LogP contribution in [0.1, 0.15) is 35.7 Å². The summed E-state index contributed by atoms with van der Waals surface area (Å²) in [5.74, 6) is 2.11. The smallest absolute Gasteiger partial charge is 0.186 e. The zero-order valence-electron chi connectivity index (χ0n) is 11.5. The second-order valence-corrected chi connectivity index (χ2v) is 6.41. The van der Waals surface area contributed by atoms with Gasteiger partial charge >= 0.3 is 0 Å². The van der Waals surface area contributed by atoms with E-state index in [4.69, 9.17) is 5.10 Å². The molecule has 1 atom stereocenters. The maximum atomic E-state index is 4.74. The normalized spacial score (nSPS) is 12.9. The number of nitrogens with zero attached hydrogens (tertiary/aromatic N) is 4. The van der Waals surface area contributed by atoms with E-state index in [9.17, 15) is 0 Å². The molecule has 1 unspecified atom stereocenters. The summed E-state index contributed by atoms with van der Waals surface area (Å²) in [5.41, 5.74) is 1.31. The van der Waals surface area contributed by atoms with Gasteiger partial charge < -0.3 is 0 Å². The predicted molar refractivity (Wildman–Crippen MR) is 84.5 cm³/mol. The van der Waals surface area contributed by atoms with E-state index < -0.39 is 0 Å². The first-order valence-corrected chi connectivity index (χ1v) is 8.79. The number of hydrogen-bond acceptors (Lipinski definition) is 5. The molecule has 6 heteroatoms. The number of thioether (sulfide) groups is 1. The molecule has 4 nitrogen and oxygen atoms in total. The molecule has 2 heterocycles. The van der Waals surface area contributed by atoms with Crippen LogP contribution in [0, 0.1) is 0 Å². The molecule has 0 saturated carbocycles. The lowest BCUT2D eigenvalue weighted by Crippen LogP contribution is -2.01. The van der Waals surface area contributed by atoms with Crippen molar-refractivity contribution in [1.82, 2.24) is 19.8 Å². The van der Waals surface area contributed by atoms with Gasteiger partial charge in [0, 0.05) is 5.92 Å². The average molecular weight is 304 g/mol. The Morgan fingerprint density at radius 2 is 2.05 bits per heavy atom. The van der Waals surface area contributed by atoms with Crippen LogP contribution in [0.5, 0.6) is 0 Å². The van der Waals surface area contributed by atoms with Crippen molar-refractivity contribution in [1.29, 1.82) is 0 Å². The minimum absolute atomic E-state index is 0.338. The molecule has 3 aromatic rings. The maximum absolute atomic E-state index is 4.74. The fourth-order valence-corrected chi connectivity index (χ4v) is 3.78. The summed E-state index contributed by atoms with van der Waals surface area (Å²) in [6, 6.07) is 10.5. The molecule has 20 heavy (non-hydrogen) atoms. The van der Waals surface area contributed by atoms with Crippen molar-refractivity contribution in [2.75, 3.05) is 6.26 Å². The number of rotatable bonds is 5. The van der Waals surface area contributed by atoms with Gasteiger partial charge in [0.15, 0.2) is 5.82 Å². The summed E-state index contributed by atoms with van der Waals surface area (Å²) in [6.07, 6.45) is 3.10. The van der Waals surface area contributed by atoms with Crippen LogP contribution in [0.25, 0.3) is 4.96 Å². The molecule has 0 aliphatic rings. The summed E-state index contributed by atoms with van der Waals surface area (Å²) >= 11 is 3.38. The molecule has 0 N–H and O–H groups in total. The van der Waals surface area contributed by atoms with Crippen molar-refractivity contribution < 1.29 is 0 Å². The SMILES string of the molecule is CCC(c1ccccc1)c1nn2c(CSC)nnc2s1. The molecule has 0 aliphatic carbocycles. The number of fused-ring (bicyclic) bond motifs is 1. The van der Waals surface area contributed by atoms with Crippen molar-refractivity contribution >= 4 is 28.1 Å². The fraction of sp³-hybridized carbons (Fsp3) is 0.357. The second-order valence-electron chi connectivity index (χ2n) is 4.56. The van der Waals surface area contributed by atoms with Crippen molar-refractivity contribution in [3.05, 3.63) is 46.7 Å². The average Bonchev–Trinajstić information content (AvgIpc) is 3.04. The maximum Gasteiger partial charge on any atom is 0.234 e. The summed E-state index contributed by atoms with van der Waals surface area (Å²) < 4.78 is 1.89. The second kappa shape index (κ2) is 5.93. The van der Waals surface area contributed by atoms with E-state index in [0.29, 0.717) is 5.92 Å².